The Hall–Kier alpha value is -3.46. The van der Waals surface area contributed by atoms with Gasteiger partial charge in [0.15, 0.2) is 0 Å². The summed E-state index contributed by atoms with van der Waals surface area (Å²) >= 11 is 0. The summed E-state index contributed by atoms with van der Waals surface area (Å²) in [6.45, 7) is 0.307. The van der Waals surface area contributed by atoms with Gasteiger partial charge in [0.25, 0.3) is 5.91 Å². The molecular weight excluding hydrogens is 306 g/mol. The number of phenolic OH excluding ortho intramolecular Hbond substituents is 1. The van der Waals surface area contributed by atoms with Crippen LogP contribution in [-0.2, 0) is 11.3 Å². The molecule has 0 aromatic heterocycles. The molecular formula is C18H17N3O3. The number of rotatable bonds is 6. The highest BCUT2D eigenvalue weighted by atomic mass is 16.5. The molecule has 0 fully saturated rings. The maximum atomic E-state index is 12.0. The smallest absolute Gasteiger partial charge is 0.263 e. The Morgan fingerprint density at radius 3 is 2.46 bits per heavy atom. The van der Waals surface area contributed by atoms with Gasteiger partial charge in [0.05, 0.1) is 7.11 Å². The number of nitrogens with zero attached hydrogens (tertiary/aromatic N) is 1. The van der Waals surface area contributed by atoms with E-state index >= 15 is 0 Å². The second kappa shape index (κ2) is 8.25. The monoisotopic (exact) mass is 323 g/mol. The van der Waals surface area contributed by atoms with E-state index in [2.05, 4.69) is 10.6 Å². The minimum atomic E-state index is -0.473. The average molecular weight is 323 g/mol. The van der Waals surface area contributed by atoms with Crippen LogP contribution in [0.1, 0.15) is 5.56 Å². The molecule has 6 heteroatoms. The van der Waals surface area contributed by atoms with Gasteiger partial charge in [0, 0.05) is 18.4 Å². The molecule has 0 aliphatic heterocycles. The predicted octanol–water partition coefficient (Wildman–Crippen LogP) is 2.54. The Bertz CT molecular complexity index is 760. The van der Waals surface area contributed by atoms with Crippen molar-refractivity contribution in [2.24, 2.45) is 0 Å². The third kappa shape index (κ3) is 4.78. The lowest BCUT2D eigenvalue weighted by Gasteiger charge is -2.06. The van der Waals surface area contributed by atoms with Gasteiger partial charge in [-0.3, -0.25) is 4.79 Å². The number of benzene rings is 2. The Morgan fingerprint density at radius 1 is 1.21 bits per heavy atom. The Labute approximate surface area is 140 Å². The van der Waals surface area contributed by atoms with Crippen LogP contribution in [0.15, 0.2) is 60.3 Å². The molecule has 0 saturated carbocycles. The summed E-state index contributed by atoms with van der Waals surface area (Å²) in [5.41, 5.74) is 1.51. The average Bonchev–Trinajstić information content (AvgIpc) is 2.62. The van der Waals surface area contributed by atoms with Crippen LogP contribution in [0.3, 0.4) is 0 Å². The van der Waals surface area contributed by atoms with Crippen molar-refractivity contribution in [2.75, 3.05) is 12.4 Å². The number of phenols is 1. The zero-order valence-electron chi connectivity index (χ0n) is 13.1. The van der Waals surface area contributed by atoms with Gasteiger partial charge in [-0.15, -0.1) is 0 Å². The molecule has 2 aromatic rings. The standard InChI is InChI=1S/C18H17N3O3/c1-24-17-8-2-13(3-9-17)11-21-18(23)14(10-19)12-20-15-4-6-16(22)7-5-15/h2-9,12,20,22H,11H2,1H3,(H,21,23)/b14-12-. The summed E-state index contributed by atoms with van der Waals surface area (Å²) < 4.78 is 5.07. The van der Waals surface area contributed by atoms with Gasteiger partial charge in [-0.05, 0) is 42.0 Å². The van der Waals surface area contributed by atoms with E-state index in [1.807, 2.05) is 18.2 Å². The van der Waals surface area contributed by atoms with Crippen LogP contribution in [0, 0.1) is 11.3 Å². The molecule has 0 heterocycles. The topological polar surface area (TPSA) is 94.4 Å². The van der Waals surface area contributed by atoms with Crippen LogP contribution in [0.5, 0.6) is 11.5 Å². The van der Waals surface area contributed by atoms with Gasteiger partial charge in [0.2, 0.25) is 0 Å². The number of nitriles is 1. The molecule has 0 radical (unpaired) electrons. The number of amides is 1. The first kappa shape index (κ1) is 16.9. The number of carbonyl (C=O) groups excluding carboxylic acids is 1. The summed E-state index contributed by atoms with van der Waals surface area (Å²) in [7, 11) is 1.59. The molecule has 0 bridgehead atoms. The van der Waals surface area contributed by atoms with Crippen molar-refractivity contribution in [1.29, 1.82) is 5.26 Å². The second-order valence-electron chi connectivity index (χ2n) is 4.89. The van der Waals surface area contributed by atoms with E-state index in [-0.39, 0.29) is 11.3 Å². The van der Waals surface area contributed by atoms with Crippen molar-refractivity contribution in [3.8, 4) is 17.6 Å². The molecule has 0 aliphatic carbocycles. The van der Waals surface area contributed by atoms with Crippen LogP contribution < -0.4 is 15.4 Å². The summed E-state index contributed by atoms with van der Waals surface area (Å²) in [5, 5.41) is 23.8. The van der Waals surface area contributed by atoms with E-state index in [1.54, 1.807) is 31.4 Å². The SMILES string of the molecule is COc1ccc(CNC(=O)/C(C#N)=C\Nc2ccc(O)cc2)cc1. The molecule has 0 unspecified atom stereocenters. The van der Waals surface area contributed by atoms with Crippen LogP contribution in [0.2, 0.25) is 0 Å². The molecule has 2 aromatic carbocycles. The van der Waals surface area contributed by atoms with Gasteiger partial charge >= 0.3 is 0 Å². The number of ether oxygens (including phenoxy) is 1. The third-order valence-corrected chi connectivity index (χ3v) is 3.23. The van der Waals surface area contributed by atoms with Crippen molar-refractivity contribution in [3.05, 3.63) is 65.9 Å². The number of carbonyl (C=O) groups is 1. The van der Waals surface area contributed by atoms with E-state index < -0.39 is 5.91 Å². The first-order valence-corrected chi connectivity index (χ1v) is 7.19. The van der Waals surface area contributed by atoms with Gasteiger partial charge in [0.1, 0.15) is 23.1 Å². The molecule has 122 valence electrons. The molecule has 0 spiro atoms. The van der Waals surface area contributed by atoms with Crippen molar-refractivity contribution in [1.82, 2.24) is 5.32 Å². The quantitative estimate of drug-likeness (QED) is 0.431. The zero-order valence-corrected chi connectivity index (χ0v) is 13.1. The van der Waals surface area contributed by atoms with Gasteiger partial charge in [-0.25, -0.2) is 0 Å². The number of hydrogen-bond donors (Lipinski definition) is 3. The lowest BCUT2D eigenvalue weighted by atomic mass is 10.2. The molecule has 3 N–H and O–H groups in total. The first-order chi connectivity index (χ1) is 11.6. The van der Waals surface area contributed by atoms with E-state index in [0.717, 1.165) is 11.3 Å². The fourth-order valence-corrected chi connectivity index (χ4v) is 1.88. The normalized spacial score (nSPS) is 10.6. The summed E-state index contributed by atoms with van der Waals surface area (Å²) in [5.74, 6) is 0.405. The van der Waals surface area contributed by atoms with E-state index in [0.29, 0.717) is 12.2 Å². The molecule has 2 rings (SSSR count). The van der Waals surface area contributed by atoms with Crippen molar-refractivity contribution < 1.29 is 14.6 Å². The van der Waals surface area contributed by atoms with Crippen molar-refractivity contribution in [3.63, 3.8) is 0 Å². The molecule has 6 nitrogen and oxygen atoms in total. The van der Waals surface area contributed by atoms with E-state index in [4.69, 9.17) is 10.00 Å². The van der Waals surface area contributed by atoms with Crippen molar-refractivity contribution >= 4 is 11.6 Å². The molecule has 24 heavy (non-hydrogen) atoms. The van der Waals surface area contributed by atoms with Gasteiger partial charge in [-0.2, -0.15) is 5.26 Å². The summed E-state index contributed by atoms with van der Waals surface area (Å²) in [6, 6.07) is 15.4. The van der Waals surface area contributed by atoms with E-state index in [1.165, 1.54) is 18.3 Å². The highest BCUT2D eigenvalue weighted by Gasteiger charge is 2.08. The number of anilines is 1. The van der Waals surface area contributed by atoms with Crippen LogP contribution >= 0.6 is 0 Å². The maximum absolute atomic E-state index is 12.0. The van der Waals surface area contributed by atoms with Crippen molar-refractivity contribution in [2.45, 2.75) is 6.54 Å². The lowest BCUT2D eigenvalue weighted by Crippen LogP contribution is -2.24. The molecule has 0 aliphatic rings. The number of hydrogen-bond acceptors (Lipinski definition) is 5. The molecule has 0 atom stereocenters. The Balaban J connectivity index is 1.93. The van der Waals surface area contributed by atoms with Crippen LogP contribution in [0.4, 0.5) is 5.69 Å². The summed E-state index contributed by atoms with van der Waals surface area (Å²) in [4.78, 5) is 12.0. The fourth-order valence-electron chi connectivity index (χ4n) is 1.88. The number of methoxy groups -OCH3 is 1. The largest absolute Gasteiger partial charge is 0.508 e. The molecule has 0 saturated heterocycles. The van der Waals surface area contributed by atoms with Crippen LogP contribution in [0.25, 0.3) is 0 Å². The highest BCUT2D eigenvalue weighted by Crippen LogP contribution is 2.14. The lowest BCUT2D eigenvalue weighted by molar-refractivity contribution is -0.117. The van der Waals surface area contributed by atoms with Gasteiger partial charge < -0.3 is 20.5 Å². The second-order valence-corrected chi connectivity index (χ2v) is 4.89. The minimum absolute atomic E-state index is 0.0448. The first-order valence-electron chi connectivity index (χ1n) is 7.19. The van der Waals surface area contributed by atoms with E-state index in [9.17, 15) is 9.90 Å². The number of aromatic hydroxyl groups is 1. The van der Waals surface area contributed by atoms with Gasteiger partial charge in [-0.1, -0.05) is 12.1 Å². The third-order valence-electron chi connectivity index (χ3n) is 3.23. The maximum Gasteiger partial charge on any atom is 0.263 e. The Morgan fingerprint density at radius 2 is 1.88 bits per heavy atom. The summed E-state index contributed by atoms with van der Waals surface area (Å²) in [6.07, 6.45) is 1.33. The fraction of sp³-hybridized carbons (Fsp3) is 0.111. The number of nitrogens with one attached hydrogen (secondary N) is 2. The minimum Gasteiger partial charge on any atom is -0.508 e. The molecule has 1 amide bonds. The Kier molecular flexibility index (Phi) is 5.81. The highest BCUT2D eigenvalue weighted by molar-refractivity contribution is 5.97. The predicted molar refractivity (Wildman–Crippen MR) is 90.3 cm³/mol. The van der Waals surface area contributed by atoms with Crippen LogP contribution in [-0.4, -0.2) is 18.1 Å². The zero-order chi connectivity index (χ0) is 17.4.